The van der Waals surface area contributed by atoms with Gasteiger partial charge in [0.2, 0.25) is 0 Å². The molecule has 1 N–H and O–H groups in total. The summed E-state index contributed by atoms with van der Waals surface area (Å²) in [7, 11) is 1.99. The molecule has 2 fully saturated rings. The minimum Gasteiger partial charge on any atom is -0.444 e. The zero-order chi connectivity index (χ0) is 13.3. The molecular weight excluding hydrogens is 228 g/mol. The van der Waals surface area contributed by atoms with Gasteiger partial charge >= 0.3 is 6.09 Å². The van der Waals surface area contributed by atoms with E-state index in [1.54, 1.807) is 0 Å². The van der Waals surface area contributed by atoms with Crippen molar-refractivity contribution in [3.8, 4) is 0 Å². The first-order valence-electron chi connectivity index (χ1n) is 7.06. The first kappa shape index (κ1) is 13.7. The van der Waals surface area contributed by atoms with Gasteiger partial charge in [-0.1, -0.05) is 0 Å². The van der Waals surface area contributed by atoms with E-state index >= 15 is 0 Å². The molecular formula is C14H26N2O2. The Bertz CT molecular complexity index is 307. The fourth-order valence-electron chi connectivity index (χ4n) is 2.78. The van der Waals surface area contributed by atoms with Gasteiger partial charge in [0.15, 0.2) is 0 Å². The molecule has 2 rings (SSSR count). The number of nitrogens with one attached hydrogen (secondary N) is 1. The molecule has 1 saturated heterocycles. The number of hydrogen-bond donors (Lipinski definition) is 1. The fraction of sp³-hybridized carbons (Fsp3) is 0.929. The standard InChI is InChI=1S/C14H26N2O2/c1-14(2,3)18-13(17)16-8-7-12(16)11(9-15-4)10-5-6-10/h10-12,15H,5-9H2,1-4H3. The first-order chi connectivity index (χ1) is 8.42. The normalized spacial score (nSPS) is 25.6. The molecule has 2 atom stereocenters. The SMILES string of the molecule is CNCC(C1CC1)C1CCN1C(=O)OC(C)(C)C. The molecule has 0 aromatic rings. The topological polar surface area (TPSA) is 41.6 Å². The molecule has 18 heavy (non-hydrogen) atoms. The molecule has 4 heteroatoms. The zero-order valence-electron chi connectivity index (χ0n) is 12.0. The third-order valence-electron chi connectivity index (χ3n) is 3.86. The van der Waals surface area contributed by atoms with Crippen LogP contribution >= 0.6 is 0 Å². The molecule has 0 aromatic heterocycles. The van der Waals surface area contributed by atoms with Crippen LogP contribution in [0.15, 0.2) is 0 Å². The summed E-state index contributed by atoms with van der Waals surface area (Å²) in [6, 6.07) is 0.389. The predicted octanol–water partition coefficient (Wildman–Crippen LogP) is 2.24. The van der Waals surface area contributed by atoms with Crippen LogP contribution < -0.4 is 5.32 Å². The summed E-state index contributed by atoms with van der Waals surface area (Å²) in [5.41, 5.74) is -0.394. The lowest BCUT2D eigenvalue weighted by Crippen LogP contribution is -2.57. The predicted molar refractivity (Wildman–Crippen MR) is 71.5 cm³/mol. The second-order valence-corrected chi connectivity index (χ2v) is 6.59. The van der Waals surface area contributed by atoms with Gasteiger partial charge in [-0.05, 0) is 65.5 Å². The first-order valence-corrected chi connectivity index (χ1v) is 7.06. The highest BCUT2D eigenvalue weighted by atomic mass is 16.6. The average Bonchev–Trinajstić information content (AvgIpc) is 2.94. The second kappa shape index (κ2) is 5.08. The van der Waals surface area contributed by atoms with Crippen LogP contribution in [0.5, 0.6) is 0 Å². The van der Waals surface area contributed by atoms with Crippen molar-refractivity contribution in [3.63, 3.8) is 0 Å². The Kier molecular flexibility index (Phi) is 3.85. The maximum absolute atomic E-state index is 12.1. The highest BCUT2D eigenvalue weighted by molar-refractivity contribution is 5.69. The van der Waals surface area contributed by atoms with Gasteiger partial charge in [0, 0.05) is 12.6 Å². The zero-order valence-corrected chi connectivity index (χ0v) is 12.0. The molecule has 2 unspecified atom stereocenters. The molecule has 0 bridgehead atoms. The van der Waals surface area contributed by atoms with Crippen LogP contribution in [0.4, 0.5) is 4.79 Å². The van der Waals surface area contributed by atoms with Crippen LogP contribution in [-0.2, 0) is 4.74 Å². The maximum atomic E-state index is 12.1. The van der Waals surface area contributed by atoms with Gasteiger partial charge in [-0.3, -0.25) is 0 Å². The molecule has 1 aliphatic heterocycles. The van der Waals surface area contributed by atoms with E-state index in [2.05, 4.69) is 5.32 Å². The Labute approximate surface area is 110 Å². The van der Waals surface area contributed by atoms with Gasteiger partial charge in [0.1, 0.15) is 5.60 Å². The molecule has 2 aliphatic rings. The summed E-state index contributed by atoms with van der Waals surface area (Å²) in [5, 5.41) is 3.27. The Morgan fingerprint density at radius 1 is 1.39 bits per heavy atom. The molecule has 4 nitrogen and oxygen atoms in total. The Balaban J connectivity index is 1.91. The number of rotatable bonds is 4. The monoisotopic (exact) mass is 254 g/mol. The van der Waals surface area contributed by atoms with Crippen molar-refractivity contribution >= 4 is 6.09 Å². The van der Waals surface area contributed by atoms with Crippen LogP contribution in [-0.4, -0.2) is 42.8 Å². The van der Waals surface area contributed by atoms with E-state index in [1.807, 2.05) is 32.7 Å². The molecule has 0 spiro atoms. The number of hydrogen-bond acceptors (Lipinski definition) is 3. The number of amides is 1. The van der Waals surface area contributed by atoms with Crippen LogP contribution in [0.2, 0.25) is 0 Å². The minimum absolute atomic E-state index is 0.138. The number of carbonyl (C=O) groups is 1. The highest BCUT2D eigenvalue weighted by Crippen LogP contribution is 2.42. The average molecular weight is 254 g/mol. The summed E-state index contributed by atoms with van der Waals surface area (Å²) in [6.45, 7) is 7.63. The van der Waals surface area contributed by atoms with E-state index in [-0.39, 0.29) is 6.09 Å². The number of nitrogens with zero attached hydrogens (tertiary/aromatic N) is 1. The van der Waals surface area contributed by atoms with Gasteiger partial charge in [-0.2, -0.15) is 0 Å². The minimum atomic E-state index is -0.394. The lowest BCUT2D eigenvalue weighted by Gasteiger charge is -2.45. The molecule has 1 saturated carbocycles. The Morgan fingerprint density at radius 3 is 2.44 bits per heavy atom. The second-order valence-electron chi connectivity index (χ2n) is 6.59. The van der Waals surface area contributed by atoms with Crippen LogP contribution in [0.3, 0.4) is 0 Å². The van der Waals surface area contributed by atoms with Crippen molar-refractivity contribution in [1.29, 1.82) is 0 Å². The highest BCUT2D eigenvalue weighted by Gasteiger charge is 2.45. The van der Waals surface area contributed by atoms with Crippen molar-refractivity contribution in [2.24, 2.45) is 11.8 Å². The van der Waals surface area contributed by atoms with Gasteiger partial charge in [-0.25, -0.2) is 4.79 Å². The van der Waals surface area contributed by atoms with Gasteiger partial charge in [0.05, 0.1) is 0 Å². The van der Waals surface area contributed by atoms with Crippen molar-refractivity contribution in [2.45, 2.75) is 51.7 Å². The molecule has 0 radical (unpaired) electrons. The number of ether oxygens (including phenoxy) is 1. The van der Waals surface area contributed by atoms with Crippen LogP contribution in [0.1, 0.15) is 40.0 Å². The summed E-state index contributed by atoms with van der Waals surface area (Å²) in [4.78, 5) is 14.0. The van der Waals surface area contributed by atoms with Gasteiger partial charge in [0.25, 0.3) is 0 Å². The number of carbonyl (C=O) groups excluding carboxylic acids is 1. The van der Waals surface area contributed by atoms with E-state index in [1.165, 1.54) is 12.8 Å². The summed E-state index contributed by atoms with van der Waals surface area (Å²) in [5.74, 6) is 1.42. The summed E-state index contributed by atoms with van der Waals surface area (Å²) < 4.78 is 5.47. The van der Waals surface area contributed by atoms with Crippen LogP contribution in [0.25, 0.3) is 0 Å². The van der Waals surface area contributed by atoms with E-state index in [4.69, 9.17) is 4.74 Å². The Hall–Kier alpha value is -0.770. The van der Waals surface area contributed by atoms with Crippen molar-refractivity contribution in [3.05, 3.63) is 0 Å². The number of likely N-dealkylation sites (tertiary alicyclic amines) is 1. The van der Waals surface area contributed by atoms with Crippen molar-refractivity contribution in [1.82, 2.24) is 10.2 Å². The van der Waals surface area contributed by atoms with Crippen molar-refractivity contribution in [2.75, 3.05) is 20.1 Å². The maximum Gasteiger partial charge on any atom is 0.410 e. The van der Waals surface area contributed by atoms with E-state index in [0.717, 1.165) is 25.4 Å². The molecule has 1 amide bonds. The third-order valence-corrected chi connectivity index (χ3v) is 3.86. The van der Waals surface area contributed by atoms with Crippen LogP contribution in [0, 0.1) is 11.8 Å². The molecule has 1 heterocycles. The van der Waals surface area contributed by atoms with Crippen molar-refractivity contribution < 1.29 is 9.53 Å². The van der Waals surface area contributed by atoms with E-state index < -0.39 is 5.60 Å². The third kappa shape index (κ3) is 3.16. The smallest absolute Gasteiger partial charge is 0.410 e. The molecule has 104 valence electrons. The fourth-order valence-corrected chi connectivity index (χ4v) is 2.78. The van der Waals surface area contributed by atoms with E-state index in [9.17, 15) is 4.79 Å². The van der Waals surface area contributed by atoms with Gasteiger partial charge in [-0.15, -0.1) is 0 Å². The summed E-state index contributed by atoms with van der Waals surface area (Å²) in [6.07, 6.45) is 3.64. The molecule has 1 aliphatic carbocycles. The van der Waals surface area contributed by atoms with E-state index in [0.29, 0.717) is 12.0 Å². The lowest BCUT2D eigenvalue weighted by atomic mass is 9.86. The Morgan fingerprint density at radius 2 is 2.06 bits per heavy atom. The molecule has 0 aromatic carbocycles. The lowest BCUT2D eigenvalue weighted by molar-refractivity contribution is -0.0201. The van der Waals surface area contributed by atoms with Gasteiger partial charge < -0.3 is 15.0 Å². The summed E-state index contributed by atoms with van der Waals surface area (Å²) >= 11 is 0. The largest absolute Gasteiger partial charge is 0.444 e. The quantitative estimate of drug-likeness (QED) is 0.836.